The van der Waals surface area contributed by atoms with E-state index in [0.717, 1.165) is 24.8 Å². The monoisotopic (exact) mass is 346 g/mol. The molecule has 25 heavy (non-hydrogen) atoms. The molecule has 5 heteroatoms. The summed E-state index contributed by atoms with van der Waals surface area (Å²) in [5.41, 5.74) is 0.995. The fourth-order valence-corrected chi connectivity index (χ4v) is 5.59. The lowest BCUT2D eigenvalue weighted by Crippen LogP contribution is -2.59. The average Bonchev–Trinajstić information content (AvgIpc) is 2.57. The molecule has 1 aromatic rings. The van der Waals surface area contributed by atoms with Gasteiger partial charge in [-0.1, -0.05) is 27.2 Å². The molecule has 2 bridgehead atoms. The standard InChI is InChI=1S/C20H26O5/c1-10(9-21)11-7-12-13-8-14-19(2,3)5-4-6-20(14,18(24)25-13)15(12)17(23)16(11)22/h7,10,13-14,21-23H,4-6,8-9H2,1-3H3/t10-,13+,14+,20-/m1/s1. The second-order valence-electron chi connectivity index (χ2n) is 8.71. The predicted molar refractivity (Wildman–Crippen MR) is 91.5 cm³/mol. The summed E-state index contributed by atoms with van der Waals surface area (Å²) in [5, 5.41) is 30.9. The van der Waals surface area contributed by atoms with Crippen molar-refractivity contribution in [3.63, 3.8) is 0 Å². The third kappa shape index (κ3) is 1.96. The van der Waals surface area contributed by atoms with Crippen LogP contribution in [0.3, 0.4) is 0 Å². The second-order valence-corrected chi connectivity index (χ2v) is 8.71. The van der Waals surface area contributed by atoms with E-state index in [1.807, 2.05) is 6.07 Å². The number of aromatic hydroxyl groups is 2. The first-order valence-corrected chi connectivity index (χ1v) is 9.15. The van der Waals surface area contributed by atoms with Crippen LogP contribution in [0.5, 0.6) is 11.5 Å². The summed E-state index contributed by atoms with van der Waals surface area (Å²) in [6, 6.07) is 1.82. The molecule has 0 aromatic heterocycles. The van der Waals surface area contributed by atoms with Gasteiger partial charge in [-0.15, -0.1) is 0 Å². The molecule has 1 saturated carbocycles. The number of ether oxygens (including phenoxy) is 1. The predicted octanol–water partition coefficient (Wildman–Crippen LogP) is 3.26. The number of aliphatic hydroxyl groups is 1. The summed E-state index contributed by atoms with van der Waals surface area (Å²) in [7, 11) is 0. The van der Waals surface area contributed by atoms with Crippen LogP contribution in [0.15, 0.2) is 6.07 Å². The second kappa shape index (κ2) is 5.13. The van der Waals surface area contributed by atoms with Crippen LogP contribution in [0.1, 0.15) is 75.2 Å². The van der Waals surface area contributed by atoms with Crippen molar-refractivity contribution in [3.8, 4) is 11.5 Å². The van der Waals surface area contributed by atoms with Crippen LogP contribution in [0.25, 0.3) is 0 Å². The summed E-state index contributed by atoms with van der Waals surface area (Å²) in [6.45, 7) is 6.03. The van der Waals surface area contributed by atoms with Gasteiger partial charge in [0.15, 0.2) is 11.5 Å². The van der Waals surface area contributed by atoms with Crippen molar-refractivity contribution in [2.24, 2.45) is 11.3 Å². The molecule has 1 spiro atoms. The Hall–Kier alpha value is -1.75. The van der Waals surface area contributed by atoms with Crippen LogP contribution in [0, 0.1) is 11.3 Å². The van der Waals surface area contributed by atoms with E-state index in [-0.39, 0.29) is 47.4 Å². The van der Waals surface area contributed by atoms with Crippen molar-refractivity contribution < 1.29 is 24.9 Å². The molecule has 3 N–H and O–H groups in total. The number of carbonyl (C=O) groups is 1. The number of benzene rings is 1. The van der Waals surface area contributed by atoms with Gasteiger partial charge in [-0.3, -0.25) is 4.79 Å². The Morgan fingerprint density at radius 3 is 2.68 bits per heavy atom. The van der Waals surface area contributed by atoms with Gasteiger partial charge >= 0.3 is 5.97 Å². The van der Waals surface area contributed by atoms with E-state index in [4.69, 9.17) is 4.74 Å². The maximum atomic E-state index is 12.9. The molecule has 5 nitrogen and oxygen atoms in total. The van der Waals surface area contributed by atoms with Gasteiger partial charge < -0.3 is 20.1 Å². The average molecular weight is 346 g/mol. The van der Waals surface area contributed by atoms with E-state index in [1.54, 1.807) is 6.92 Å². The molecule has 2 heterocycles. The highest BCUT2D eigenvalue weighted by Gasteiger charge is 2.65. The van der Waals surface area contributed by atoms with Crippen molar-refractivity contribution in [1.82, 2.24) is 0 Å². The first-order chi connectivity index (χ1) is 11.7. The Bertz CT molecular complexity index is 753. The van der Waals surface area contributed by atoms with Gasteiger partial charge in [-0.2, -0.15) is 0 Å². The molecule has 0 radical (unpaired) electrons. The summed E-state index contributed by atoms with van der Waals surface area (Å²) in [4.78, 5) is 12.9. The lowest BCUT2D eigenvalue weighted by molar-refractivity contribution is -0.185. The van der Waals surface area contributed by atoms with Crippen LogP contribution < -0.4 is 0 Å². The molecule has 5 rings (SSSR count). The van der Waals surface area contributed by atoms with Crippen molar-refractivity contribution in [2.75, 3.05) is 6.61 Å². The quantitative estimate of drug-likeness (QED) is 0.565. The van der Waals surface area contributed by atoms with Crippen molar-refractivity contribution in [1.29, 1.82) is 0 Å². The maximum absolute atomic E-state index is 12.9. The number of hydrogen-bond donors (Lipinski definition) is 3. The fourth-order valence-electron chi connectivity index (χ4n) is 5.59. The van der Waals surface area contributed by atoms with Crippen molar-refractivity contribution in [3.05, 3.63) is 22.8 Å². The fraction of sp³-hybridized carbons (Fsp3) is 0.650. The molecule has 4 atom stereocenters. The Labute approximate surface area is 147 Å². The van der Waals surface area contributed by atoms with Crippen LogP contribution in [0.2, 0.25) is 0 Å². The molecular weight excluding hydrogens is 320 g/mol. The van der Waals surface area contributed by atoms with Gasteiger partial charge in [0.25, 0.3) is 0 Å². The van der Waals surface area contributed by atoms with Crippen molar-refractivity contribution in [2.45, 2.75) is 63.9 Å². The molecule has 4 aliphatic rings. The van der Waals surface area contributed by atoms with E-state index in [1.165, 1.54) is 0 Å². The minimum absolute atomic E-state index is 0.0211. The topological polar surface area (TPSA) is 87.0 Å². The number of fused-ring (bicyclic) bond motifs is 1. The van der Waals surface area contributed by atoms with E-state index in [9.17, 15) is 20.1 Å². The largest absolute Gasteiger partial charge is 0.504 e. The van der Waals surface area contributed by atoms with E-state index >= 15 is 0 Å². The van der Waals surface area contributed by atoms with E-state index in [0.29, 0.717) is 17.5 Å². The Balaban J connectivity index is 1.99. The summed E-state index contributed by atoms with van der Waals surface area (Å²) in [6.07, 6.45) is 2.94. The highest BCUT2D eigenvalue weighted by molar-refractivity contribution is 5.89. The van der Waals surface area contributed by atoms with Gasteiger partial charge in [-0.05, 0) is 36.7 Å². The first kappa shape index (κ1) is 16.7. The summed E-state index contributed by atoms with van der Waals surface area (Å²) in [5.74, 6) is -0.872. The van der Waals surface area contributed by atoms with Crippen molar-refractivity contribution >= 4 is 5.97 Å². The van der Waals surface area contributed by atoms with Crippen LogP contribution in [-0.4, -0.2) is 27.9 Å². The molecule has 2 aliphatic heterocycles. The number of phenolic OH excluding ortho intramolecular Hbond substituents is 2. The van der Waals surface area contributed by atoms with Crippen LogP contribution in [0.4, 0.5) is 0 Å². The smallest absolute Gasteiger partial charge is 0.317 e. The zero-order valence-corrected chi connectivity index (χ0v) is 15.0. The van der Waals surface area contributed by atoms with Gasteiger partial charge in [0.05, 0.1) is 0 Å². The van der Waals surface area contributed by atoms with Crippen LogP contribution in [-0.2, 0) is 14.9 Å². The van der Waals surface area contributed by atoms with Crippen LogP contribution >= 0.6 is 0 Å². The molecule has 0 amide bonds. The highest BCUT2D eigenvalue weighted by Crippen LogP contribution is 2.66. The highest BCUT2D eigenvalue weighted by atomic mass is 16.5. The molecular formula is C20H26O5. The third-order valence-corrected chi connectivity index (χ3v) is 6.93. The zero-order valence-electron chi connectivity index (χ0n) is 15.0. The normalized spacial score (nSPS) is 33.4. The number of hydrogen-bond acceptors (Lipinski definition) is 5. The molecule has 136 valence electrons. The Kier molecular flexibility index (Phi) is 3.43. The third-order valence-electron chi connectivity index (χ3n) is 6.93. The minimum Gasteiger partial charge on any atom is -0.504 e. The summed E-state index contributed by atoms with van der Waals surface area (Å²) < 4.78 is 5.73. The maximum Gasteiger partial charge on any atom is 0.317 e. The number of aliphatic hydroxyl groups excluding tert-OH is 1. The Morgan fingerprint density at radius 1 is 1.28 bits per heavy atom. The SMILES string of the molecule is C[C@H](CO)c1cc2c(c(O)c1O)[C@@]13CCCC(C)(C)[C@@H]1C[C@@H]2OC3=O. The van der Waals surface area contributed by atoms with Gasteiger partial charge in [0.2, 0.25) is 0 Å². The zero-order chi connectivity index (χ0) is 18.1. The number of esters is 1. The minimum atomic E-state index is -0.867. The lowest BCUT2D eigenvalue weighted by atomic mass is 9.47. The van der Waals surface area contributed by atoms with Gasteiger partial charge in [0.1, 0.15) is 11.5 Å². The molecule has 2 fully saturated rings. The van der Waals surface area contributed by atoms with Gasteiger partial charge in [0, 0.05) is 29.2 Å². The summed E-state index contributed by atoms with van der Waals surface area (Å²) >= 11 is 0. The number of carbonyl (C=O) groups excluding carboxylic acids is 1. The molecule has 2 aliphatic carbocycles. The molecule has 1 aromatic carbocycles. The Morgan fingerprint density at radius 2 is 2.00 bits per heavy atom. The number of rotatable bonds is 2. The first-order valence-electron chi connectivity index (χ1n) is 9.15. The number of phenols is 2. The molecule has 0 unspecified atom stereocenters. The van der Waals surface area contributed by atoms with Gasteiger partial charge in [-0.25, -0.2) is 0 Å². The lowest BCUT2D eigenvalue weighted by Gasteiger charge is -2.58. The van der Waals surface area contributed by atoms with E-state index < -0.39 is 5.41 Å². The molecule has 1 saturated heterocycles. The van der Waals surface area contributed by atoms with E-state index in [2.05, 4.69) is 13.8 Å².